The molecule has 3 aromatic rings. The Balaban J connectivity index is 2.21. The monoisotopic (exact) mass is 491 g/mol. The summed E-state index contributed by atoms with van der Waals surface area (Å²) in [6, 6.07) is 8.60. The number of aromatic nitrogens is 3. The maximum Gasteiger partial charge on any atom is 0.303 e. The van der Waals surface area contributed by atoms with Gasteiger partial charge in [0, 0.05) is 38.1 Å². The summed E-state index contributed by atoms with van der Waals surface area (Å²) >= 11 is 6.12. The Bertz CT molecular complexity index is 1260. The minimum absolute atomic E-state index is 0.0874. The fourth-order valence-electron chi connectivity index (χ4n) is 3.45. The minimum Gasteiger partial charge on any atom is -0.462 e. The lowest BCUT2D eigenvalue weighted by Gasteiger charge is -2.30. The van der Waals surface area contributed by atoms with Gasteiger partial charge in [0.15, 0.2) is 23.7 Å². The average molecular weight is 492 g/mol. The molecule has 0 amide bonds. The number of rotatable bonds is 8. The first-order valence-electron chi connectivity index (χ1n) is 10.1. The molecule has 0 aliphatic rings. The van der Waals surface area contributed by atoms with Gasteiger partial charge in [-0.3, -0.25) is 23.6 Å². The second-order valence-corrected chi connectivity index (χ2v) is 7.78. The number of nitrogens with zero attached hydrogens (tertiary/aromatic N) is 3. The van der Waals surface area contributed by atoms with Crippen LogP contribution in [0.3, 0.4) is 0 Å². The zero-order valence-electron chi connectivity index (χ0n) is 18.8. The highest BCUT2D eigenvalue weighted by Gasteiger charge is 2.41. The highest BCUT2D eigenvalue weighted by molar-refractivity contribution is 6.31. The van der Waals surface area contributed by atoms with Crippen molar-refractivity contribution in [1.82, 2.24) is 14.6 Å². The molecule has 0 aliphatic heterocycles. The van der Waals surface area contributed by atoms with Crippen LogP contribution in [0.1, 0.15) is 39.6 Å². The van der Waals surface area contributed by atoms with Gasteiger partial charge in [0.25, 0.3) is 0 Å². The predicted octanol–water partition coefficient (Wildman–Crippen LogP) is 2.57. The Hall–Kier alpha value is -3.73. The van der Waals surface area contributed by atoms with Gasteiger partial charge in [0.05, 0.1) is 5.52 Å². The van der Waals surface area contributed by atoms with Crippen LogP contribution in [-0.2, 0) is 38.1 Å². The summed E-state index contributed by atoms with van der Waals surface area (Å²) in [5.41, 5.74) is 1.04. The molecule has 2 heterocycles. The molecular formula is C22H22ClN3O8. The normalized spacial score (nSPS) is 13.7. The van der Waals surface area contributed by atoms with E-state index in [0.29, 0.717) is 16.2 Å². The smallest absolute Gasteiger partial charge is 0.303 e. The van der Waals surface area contributed by atoms with E-state index in [0.717, 1.165) is 26.2 Å². The highest BCUT2D eigenvalue weighted by atomic mass is 35.5. The van der Waals surface area contributed by atoms with Crippen LogP contribution in [0, 0.1) is 0 Å². The van der Waals surface area contributed by atoms with Gasteiger partial charge in [-0.25, -0.2) is 0 Å². The number of hydrogen-bond acceptors (Lipinski definition) is 10. The molecule has 0 saturated heterocycles. The second-order valence-electron chi connectivity index (χ2n) is 7.34. The van der Waals surface area contributed by atoms with Crippen molar-refractivity contribution in [2.75, 3.05) is 6.61 Å². The molecule has 3 rings (SSSR count). The largest absolute Gasteiger partial charge is 0.462 e. The molecule has 0 unspecified atom stereocenters. The lowest BCUT2D eigenvalue weighted by molar-refractivity contribution is -0.190. The molecule has 12 heteroatoms. The molecule has 34 heavy (non-hydrogen) atoms. The van der Waals surface area contributed by atoms with Crippen molar-refractivity contribution in [1.29, 1.82) is 0 Å². The van der Waals surface area contributed by atoms with E-state index >= 15 is 0 Å². The van der Waals surface area contributed by atoms with Crippen LogP contribution >= 0.6 is 11.6 Å². The second kappa shape index (κ2) is 10.5. The van der Waals surface area contributed by atoms with Crippen molar-refractivity contribution in [2.45, 2.75) is 46.0 Å². The summed E-state index contributed by atoms with van der Waals surface area (Å²) in [7, 11) is 0. The van der Waals surface area contributed by atoms with E-state index in [1.807, 2.05) is 0 Å². The lowest BCUT2D eigenvalue weighted by atomic mass is 10.1. The zero-order chi connectivity index (χ0) is 25.0. The first-order chi connectivity index (χ1) is 16.1. The topological polar surface area (TPSA) is 135 Å². The Morgan fingerprint density at radius 2 is 1.56 bits per heavy atom. The number of hydrogen-bond donors (Lipinski definition) is 0. The predicted molar refractivity (Wildman–Crippen MR) is 118 cm³/mol. The van der Waals surface area contributed by atoms with E-state index in [4.69, 9.17) is 30.5 Å². The molecular weight excluding hydrogens is 470 g/mol. The minimum atomic E-state index is -1.42. The van der Waals surface area contributed by atoms with Crippen LogP contribution in [0.15, 0.2) is 30.3 Å². The van der Waals surface area contributed by atoms with Gasteiger partial charge in [-0.2, -0.15) is 0 Å². The van der Waals surface area contributed by atoms with Crippen molar-refractivity contribution < 1.29 is 38.1 Å². The first-order valence-corrected chi connectivity index (χ1v) is 10.5. The van der Waals surface area contributed by atoms with Gasteiger partial charge in [-0.05, 0) is 30.3 Å². The van der Waals surface area contributed by atoms with Gasteiger partial charge in [-0.15, -0.1) is 10.2 Å². The average Bonchev–Trinajstić information content (AvgIpc) is 3.17. The lowest BCUT2D eigenvalue weighted by Crippen LogP contribution is -2.44. The van der Waals surface area contributed by atoms with Crippen LogP contribution in [0.25, 0.3) is 16.6 Å². The number of halogens is 1. The maximum absolute atomic E-state index is 12.1. The van der Waals surface area contributed by atoms with Gasteiger partial charge >= 0.3 is 23.9 Å². The Morgan fingerprint density at radius 3 is 2.18 bits per heavy atom. The van der Waals surface area contributed by atoms with Crippen molar-refractivity contribution in [2.24, 2.45) is 0 Å². The molecule has 0 N–H and O–H groups in total. The number of pyridine rings is 1. The summed E-state index contributed by atoms with van der Waals surface area (Å²) < 4.78 is 22.8. The summed E-state index contributed by atoms with van der Waals surface area (Å²) in [6.45, 7) is 4.13. The zero-order valence-corrected chi connectivity index (χ0v) is 19.6. The summed E-state index contributed by atoms with van der Waals surface area (Å²) in [5.74, 6) is -2.78. The van der Waals surface area contributed by atoms with Crippen molar-refractivity contribution in [3.63, 3.8) is 0 Å². The quantitative estimate of drug-likeness (QED) is 0.341. The Morgan fingerprint density at radius 1 is 0.882 bits per heavy atom. The molecule has 0 bridgehead atoms. The van der Waals surface area contributed by atoms with Gasteiger partial charge < -0.3 is 18.9 Å². The number of carbonyl (C=O) groups is 4. The van der Waals surface area contributed by atoms with Crippen LogP contribution in [-0.4, -0.2) is 57.3 Å². The van der Waals surface area contributed by atoms with E-state index in [1.165, 1.54) is 6.92 Å². The third-order valence-electron chi connectivity index (χ3n) is 4.64. The van der Waals surface area contributed by atoms with E-state index in [1.54, 1.807) is 34.7 Å². The Labute approximate surface area is 198 Å². The number of esters is 4. The van der Waals surface area contributed by atoms with E-state index in [9.17, 15) is 19.2 Å². The van der Waals surface area contributed by atoms with Crippen LogP contribution in [0.2, 0.25) is 5.02 Å². The van der Waals surface area contributed by atoms with E-state index in [-0.39, 0.29) is 5.82 Å². The summed E-state index contributed by atoms with van der Waals surface area (Å²) in [5, 5.41) is 9.55. The standard InChI is InChI=1S/C22H22ClN3O8/c1-11(27)31-10-18(32-12(2)28)20(33-13(3)29)21(34-14(4)30)22-25-24-19-8-5-15-9-16(23)6-7-17(15)26(19)22/h5-9,18,20-21H,10H2,1-4H3/t18-,20+,21-/m1/s1. The molecule has 2 aromatic heterocycles. The van der Waals surface area contributed by atoms with Crippen LogP contribution in [0.5, 0.6) is 0 Å². The van der Waals surface area contributed by atoms with E-state index < -0.39 is 48.8 Å². The number of fused-ring (bicyclic) bond motifs is 3. The van der Waals surface area contributed by atoms with Crippen LogP contribution < -0.4 is 0 Å². The van der Waals surface area contributed by atoms with Crippen LogP contribution in [0.4, 0.5) is 0 Å². The summed E-state index contributed by atoms with van der Waals surface area (Å²) in [6.07, 6.45) is -4.11. The fourth-order valence-corrected chi connectivity index (χ4v) is 3.63. The van der Waals surface area contributed by atoms with Gasteiger partial charge in [0.1, 0.15) is 6.61 Å². The van der Waals surface area contributed by atoms with Crippen molar-refractivity contribution >= 4 is 52.0 Å². The van der Waals surface area contributed by atoms with Crippen molar-refractivity contribution in [3.8, 4) is 0 Å². The molecule has 0 spiro atoms. The van der Waals surface area contributed by atoms with Gasteiger partial charge in [-0.1, -0.05) is 11.6 Å². The molecule has 0 saturated carbocycles. The van der Waals surface area contributed by atoms with Crippen molar-refractivity contribution in [3.05, 3.63) is 41.2 Å². The fraction of sp³-hybridized carbons (Fsp3) is 0.364. The molecule has 0 radical (unpaired) electrons. The molecule has 180 valence electrons. The molecule has 0 fully saturated rings. The molecule has 1 aromatic carbocycles. The molecule has 3 atom stereocenters. The number of benzene rings is 1. The number of carbonyl (C=O) groups excluding carboxylic acids is 4. The third kappa shape index (κ3) is 5.79. The SMILES string of the molecule is CC(=O)OC[C@@H](OC(C)=O)[C@H](OC(C)=O)[C@@H](OC(C)=O)c1nnc2ccc3cc(Cl)ccc3n12. The Kier molecular flexibility index (Phi) is 7.67. The first kappa shape index (κ1) is 24.9. The van der Waals surface area contributed by atoms with E-state index in [2.05, 4.69) is 10.2 Å². The maximum atomic E-state index is 12.1. The number of ether oxygens (including phenoxy) is 4. The molecule has 11 nitrogen and oxygen atoms in total. The molecule has 0 aliphatic carbocycles. The van der Waals surface area contributed by atoms with Gasteiger partial charge in [0.2, 0.25) is 6.10 Å². The summed E-state index contributed by atoms with van der Waals surface area (Å²) in [4.78, 5) is 47.2. The third-order valence-corrected chi connectivity index (χ3v) is 4.87. The highest BCUT2D eigenvalue weighted by Crippen LogP contribution is 2.30.